The van der Waals surface area contributed by atoms with Crippen molar-refractivity contribution in [2.75, 3.05) is 12.4 Å². The van der Waals surface area contributed by atoms with E-state index >= 15 is 0 Å². The number of piperidine rings is 1. The van der Waals surface area contributed by atoms with Crippen LogP contribution in [0.25, 0.3) is 0 Å². The van der Waals surface area contributed by atoms with E-state index in [0.717, 1.165) is 19.4 Å². The molecule has 0 radical (unpaired) electrons. The Kier molecular flexibility index (Phi) is 5.31. The Morgan fingerprint density at radius 1 is 1.50 bits per heavy atom. The largest absolute Gasteiger partial charge is 0.340 e. The van der Waals surface area contributed by atoms with Crippen LogP contribution in [0.3, 0.4) is 0 Å². The van der Waals surface area contributed by atoms with Crippen LogP contribution in [0.5, 0.6) is 0 Å². The van der Waals surface area contributed by atoms with Gasteiger partial charge in [0.25, 0.3) is 0 Å². The molecular formula is C11H20ClNO. The third-order valence-corrected chi connectivity index (χ3v) is 3.21. The average molecular weight is 218 g/mol. The minimum atomic E-state index is 0.303. The third-order valence-electron chi connectivity index (χ3n) is 2.94. The van der Waals surface area contributed by atoms with Crippen LogP contribution < -0.4 is 0 Å². The Morgan fingerprint density at radius 2 is 2.29 bits per heavy atom. The van der Waals surface area contributed by atoms with Gasteiger partial charge in [-0.25, -0.2) is 0 Å². The summed E-state index contributed by atoms with van der Waals surface area (Å²) in [6.07, 6.45) is 6.16. The summed E-state index contributed by atoms with van der Waals surface area (Å²) in [5.41, 5.74) is 0. The lowest BCUT2D eigenvalue weighted by atomic mass is 9.99. The van der Waals surface area contributed by atoms with Gasteiger partial charge in [-0.3, -0.25) is 4.79 Å². The standard InChI is InChI=1S/C11H20ClNO/c1-2-10-6-3-4-9-13(10)11(14)7-5-8-12/h10H,2-9H2,1H3. The van der Waals surface area contributed by atoms with Gasteiger partial charge in [-0.1, -0.05) is 6.92 Å². The molecule has 0 spiro atoms. The van der Waals surface area contributed by atoms with E-state index < -0.39 is 0 Å². The fraction of sp³-hybridized carbons (Fsp3) is 0.909. The molecule has 1 aliphatic heterocycles. The number of carbonyl (C=O) groups excluding carboxylic acids is 1. The van der Waals surface area contributed by atoms with Gasteiger partial charge >= 0.3 is 0 Å². The van der Waals surface area contributed by atoms with Gasteiger partial charge in [0.2, 0.25) is 5.91 Å². The van der Waals surface area contributed by atoms with Gasteiger partial charge in [-0.2, -0.15) is 0 Å². The lowest BCUT2D eigenvalue weighted by molar-refractivity contribution is -0.134. The normalized spacial score (nSPS) is 22.4. The lowest BCUT2D eigenvalue weighted by Gasteiger charge is -2.35. The van der Waals surface area contributed by atoms with Crippen LogP contribution in [0.2, 0.25) is 0 Å². The van der Waals surface area contributed by atoms with E-state index in [0.29, 0.717) is 24.2 Å². The molecule has 1 rings (SSSR count). The van der Waals surface area contributed by atoms with Crippen molar-refractivity contribution < 1.29 is 4.79 Å². The average Bonchev–Trinajstić information content (AvgIpc) is 2.25. The molecular weight excluding hydrogens is 198 g/mol. The smallest absolute Gasteiger partial charge is 0.222 e. The number of likely N-dealkylation sites (tertiary alicyclic amines) is 1. The zero-order valence-electron chi connectivity index (χ0n) is 8.97. The number of amides is 1. The maximum absolute atomic E-state index is 11.8. The summed E-state index contributed by atoms with van der Waals surface area (Å²) in [7, 11) is 0. The molecule has 0 saturated carbocycles. The molecule has 1 unspecified atom stereocenters. The number of rotatable bonds is 4. The molecule has 1 aliphatic rings. The van der Waals surface area contributed by atoms with Crippen molar-refractivity contribution in [1.82, 2.24) is 4.90 Å². The molecule has 1 heterocycles. The topological polar surface area (TPSA) is 20.3 Å². The van der Waals surface area contributed by atoms with Crippen molar-refractivity contribution in [3.8, 4) is 0 Å². The maximum Gasteiger partial charge on any atom is 0.222 e. The van der Waals surface area contributed by atoms with Crippen molar-refractivity contribution in [1.29, 1.82) is 0 Å². The molecule has 2 nitrogen and oxygen atoms in total. The molecule has 0 N–H and O–H groups in total. The Hall–Kier alpha value is -0.240. The second kappa shape index (κ2) is 6.28. The van der Waals surface area contributed by atoms with Crippen molar-refractivity contribution in [3.63, 3.8) is 0 Å². The van der Waals surface area contributed by atoms with Gasteiger partial charge in [-0.05, 0) is 32.1 Å². The second-order valence-electron chi connectivity index (χ2n) is 3.94. The Morgan fingerprint density at radius 3 is 2.93 bits per heavy atom. The highest BCUT2D eigenvalue weighted by atomic mass is 35.5. The van der Waals surface area contributed by atoms with E-state index in [1.807, 2.05) is 0 Å². The first-order chi connectivity index (χ1) is 6.79. The van der Waals surface area contributed by atoms with Crippen molar-refractivity contribution in [2.24, 2.45) is 0 Å². The molecule has 0 aromatic carbocycles. The molecule has 1 fully saturated rings. The summed E-state index contributed by atoms with van der Waals surface area (Å²) in [5, 5.41) is 0. The third kappa shape index (κ3) is 3.16. The van der Waals surface area contributed by atoms with Crippen LogP contribution in [0.4, 0.5) is 0 Å². The van der Waals surface area contributed by atoms with Crippen LogP contribution in [0.15, 0.2) is 0 Å². The summed E-state index contributed by atoms with van der Waals surface area (Å²) >= 11 is 5.58. The number of alkyl halides is 1. The Labute approximate surface area is 91.6 Å². The molecule has 0 aromatic rings. The van der Waals surface area contributed by atoms with Gasteiger partial charge in [0, 0.05) is 24.9 Å². The highest BCUT2D eigenvalue weighted by molar-refractivity contribution is 6.17. The quantitative estimate of drug-likeness (QED) is 0.664. The van der Waals surface area contributed by atoms with Crippen molar-refractivity contribution >= 4 is 17.5 Å². The summed E-state index contributed by atoms with van der Waals surface area (Å²) in [6, 6.07) is 0.492. The number of hydrogen-bond donors (Lipinski definition) is 0. The molecule has 1 amide bonds. The maximum atomic E-state index is 11.8. The molecule has 1 atom stereocenters. The summed E-state index contributed by atoms with van der Waals surface area (Å²) in [6.45, 7) is 3.12. The fourth-order valence-electron chi connectivity index (χ4n) is 2.12. The molecule has 0 aromatic heterocycles. The molecule has 0 aliphatic carbocycles. The van der Waals surface area contributed by atoms with E-state index in [1.54, 1.807) is 0 Å². The molecule has 3 heteroatoms. The van der Waals surface area contributed by atoms with E-state index in [2.05, 4.69) is 11.8 Å². The highest BCUT2D eigenvalue weighted by Gasteiger charge is 2.24. The summed E-state index contributed by atoms with van der Waals surface area (Å²) in [4.78, 5) is 13.9. The zero-order chi connectivity index (χ0) is 10.4. The van der Waals surface area contributed by atoms with Gasteiger partial charge < -0.3 is 4.90 Å². The number of hydrogen-bond acceptors (Lipinski definition) is 1. The lowest BCUT2D eigenvalue weighted by Crippen LogP contribution is -2.43. The molecule has 14 heavy (non-hydrogen) atoms. The van der Waals surface area contributed by atoms with Crippen LogP contribution in [-0.2, 0) is 4.79 Å². The van der Waals surface area contributed by atoms with Crippen LogP contribution in [-0.4, -0.2) is 29.3 Å². The van der Waals surface area contributed by atoms with Crippen LogP contribution in [0, 0.1) is 0 Å². The van der Waals surface area contributed by atoms with Gasteiger partial charge in [-0.15, -0.1) is 11.6 Å². The van der Waals surface area contributed by atoms with E-state index in [1.165, 1.54) is 19.3 Å². The Balaban J connectivity index is 2.41. The first-order valence-corrected chi connectivity index (χ1v) is 6.18. The zero-order valence-corrected chi connectivity index (χ0v) is 9.72. The van der Waals surface area contributed by atoms with Gasteiger partial charge in [0.15, 0.2) is 0 Å². The second-order valence-corrected chi connectivity index (χ2v) is 4.32. The predicted molar refractivity (Wildman–Crippen MR) is 59.6 cm³/mol. The Bertz CT molecular complexity index is 184. The molecule has 0 bridgehead atoms. The molecule has 82 valence electrons. The molecule has 1 saturated heterocycles. The SMILES string of the molecule is CCC1CCCCN1C(=O)CCCCl. The predicted octanol–water partition coefficient (Wildman–Crippen LogP) is 2.80. The van der Waals surface area contributed by atoms with Crippen molar-refractivity contribution in [3.05, 3.63) is 0 Å². The van der Waals surface area contributed by atoms with Gasteiger partial charge in [0.05, 0.1) is 0 Å². The number of nitrogens with zero attached hydrogens (tertiary/aromatic N) is 1. The van der Waals surface area contributed by atoms with E-state index in [9.17, 15) is 4.79 Å². The first-order valence-electron chi connectivity index (χ1n) is 5.65. The van der Waals surface area contributed by atoms with Gasteiger partial charge in [0.1, 0.15) is 0 Å². The van der Waals surface area contributed by atoms with Crippen LogP contribution in [0.1, 0.15) is 45.4 Å². The van der Waals surface area contributed by atoms with E-state index in [4.69, 9.17) is 11.6 Å². The van der Waals surface area contributed by atoms with Crippen molar-refractivity contribution in [2.45, 2.75) is 51.5 Å². The highest BCUT2D eigenvalue weighted by Crippen LogP contribution is 2.20. The number of carbonyl (C=O) groups is 1. The summed E-state index contributed by atoms with van der Waals surface area (Å²) in [5.74, 6) is 0.897. The minimum absolute atomic E-state index is 0.303. The first kappa shape index (κ1) is 11.8. The van der Waals surface area contributed by atoms with Crippen LogP contribution >= 0.6 is 11.6 Å². The summed E-state index contributed by atoms with van der Waals surface area (Å²) < 4.78 is 0. The van der Waals surface area contributed by atoms with E-state index in [-0.39, 0.29) is 0 Å². The monoisotopic (exact) mass is 217 g/mol. The fourth-order valence-corrected chi connectivity index (χ4v) is 2.25. The number of halogens is 1. The minimum Gasteiger partial charge on any atom is -0.340 e.